The van der Waals surface area contributed by atoms with Gasteiger partial charge in [0.15, 0.2) is 0 Å². The normalized spacial score (nSPS) is 25.2. The van der Waals surface area contributed by atoms with Crippen molar-refractivity contribution in [3.63, 3.8) is 0 Å². The highest BCUT2D eigenvalue weighted by molar-refractivity contribution is 7.91. The van der Waals surface area contributed by atoms with Gasteiger partial charge in [-0.25, -0.2) is 8.42 Å². The van der Waals surface area contributed by atoms with Gasteiger partial charge in [-0.2, -0.15) is 4.31 Å². The molecule has 1 aromatic heterocycles. The summed E-state index contributed by atoms with van der Waals surface area (Å²) in [6.07, 6.45) is 0.638. The smallest absolute Gasteiger partial charge is 0.317 e. The van der Waals surface area contributed by atoms with Crippen molar-refractivity contribution in [3.8, 4) is 0 Å². The summed E-state index contributed by atoms with van der Waals surface area (Å²) >= 11 is 1.28. The van der Waals surface area contributed by atoms with Crippen molar-refractivity contribution in [1.29, 1.82) is 0 Å². The second-order valence-electron chi connectivity index (χ2n) is 6.83. The summed E-state index contributed by atoms with van der Waals surface area (Å²) in [7, 11) is -3.59. The molecule has 0 saturated carbocycles. The molecule has 1 atom stereocenters. The minimum Gasteiger partial charge on any atom is -0.480 e. The number of carboxylic acid groups (broad SMARTS) is 1. The Morgan fingerprint density at radius 1 is 1.27 bits per heavy atom. The van der Waals surface area contributed by atoms with E-state index in [0.717, 1.165) is 10.1 Å². The van der Waals surface area contributed by atoms with Crippen molar-refractivity contribution in [2.75, 3.05) is 39.3 Å². The number of likely N-dealkylation sites (tertiary alicyclic amines) is 1. The van der Waals surface area contributed by atoms with E-state index in [-0.39, 0.29) is 13.1 Å². The molecule has 1 spiro atoms. The van der Waals surface area contributed by atoms with Crippen LogP contribution in [0.5, 0.6) is 0 Å². The lowest BCUT2D eigenvalue weighted by Gasteiger charge is -2.39. The first-order valence-electron chi connectivity index (χ1n) is 8.45. The SMILES string of the molecule is O=C(O)CN1CCC2(C1)CN(S(=O)(=O)c1cc3ccccc3s1)CCO2. The molecule has 0 aliphatic carbocycles. The molecule has 0 bridgehead atoms. The Balaban J connectivity index is 1.56. The second-order valence-corrected chi connectivity index (χ2v) is 10.1. The molecule has 9 heteroatoms. The molecule has 2 saturated heterocycles. The summed E-state index contributed by atoms with van der Waals surface area (Å²) in [5, 5.41) is 9.90. The zero-order valence-corrected chi connectivity index (χ0v) is 15.8. The molecule has 2 aromatic rings. The molecule has 26 heavy (non-hydrogen) atoms. The van der Waals surface area contributed by atoms with Gasteiger partial charge in [0.2, 0.25) is 0 Å². The van der Waals surface area contributed by atoms with Crippen LogP contribution in [0.3, 0.4) is 0 Å². The van der Waals surface area contributed by atoms with Gasteiger partial charge in [-0.05, 0) is 23.9 Å². The Morgan fingerprint density at radius 3 is 2.85 bits per heavy atom. The number of benzene rings is 1. The molecule has 7 nitrogen and oxygen atoms in total. The van der Waals surface area contributed by atoms with E-state index in [1.165, 1.54) is 15.6 Å². The first-order valence-corrected chi connectivity index (χ1v) is 10.7. The molecule has 3 heterocycles. The van der Waals surface area contributed by atoms with Crippen LogP contribution in [0.4, 0.5) is 0 Å². The average Bonchev–Trinajstić information content (AvgIpc) is 3.19. The standard InChI is InChI=1S/C17H20N2O5S2/c20-15(21)10-18-6-5-17(11-18)12-19(7-8-24-17)26(22,23)16-9-13-3-1-2-4-14(13)25-16/h1-4,9H,5-8,10-12H2,(H,20,21). The van der Waals surface area contributed by atoms with E-state index in [1.807, 2.05) is 24.3 Å². The van der Waals surface area contributed by atoms with Crippen molar-refractivity contribution in [3.05, 3.63) is 30.3 Å². The Bertz CT molecular complexity index is 909. The molecule has 2 aliphatic rings. The van der Waals surface area contributed by atoms with Gasteiger partial charge < -0.3 is 9.84 Å². The van der Waals surface area contributed by atoms with Crippen molar-refractivity contribution in [1.82, 2.24) is 9.21 Å². The van der Waals surface area contributed by atoms with Crippen molar-refractivity contribution in [2.24, 2.45) is 0 Å². The van der Waals surface area contributed by atoms with Gasteiger partial charge in [0.25, 0.3) is 10.0 Å². The number of carbonyl (C=O) groups is 1. The van der Waals surface area contributed by atoms with Crippen LogP contribution >= 0.6 is 11.3 Å². The number of hydrogen-bond acceptors (Lipinski definition) is 6. The van der Waals surface area contributed by atoms with Crippen LogP contribution in [0, 0.1) is 0 Å². The quantitative estimate of drug-likeness (QED) is 0.842. The first-order chi connectivity index (χ1) is 12.4. The van der Waals surface area contributed by atoms with Gasteiger partial charge in [-0.1, -0.05) is 18.2 Å². The predicted octanol–water partition coefficient (Wildman–Crippen LogP) is 1.45. The number of sulfonamides is 1. The van der Waals surface area contributed by atoms with Gasteiger partial charge >= 0.3 is 5.97 Å². The van der Waals surface area contributed by atoms with Crippen LogP contribution in [0.1, 0.15) is 6.42 Å². The number of thiophene rings is 1. The van der Waals surface area contributed by atoms with E-state index in [0.29, 0.717) is 36.9 Å². The maximum Gasteiger partial charge on any atom is 0.317 e. The molecule has 0 amide bonds. The van der Waals surface area contributed by atoms with Crippen LogP contribution in [0.25, 0.3) is 10.1 Å². The fraction of sp³-hybridized carbons (Fsp3) is 0.471. The van der Waals surface area contributed by atoms with E-state index in [4.69, 9.17) is 9.84 Å². The minimum atomic E-state index is -3.59. The fourth-order valence-corrected chi connectivity index (χ4v) is 6.78. The molecule has 2 aliphatic heterocycles. The largest absolute Gasteiger partial charge is 0.480 e. The summed E-state index contributed by atoms with van der Waals surface area (Å²) in [6.45, 7) is 1.90. The van der Waals surface area contributed by atoms with E-state index in [2.05, 4.69) is 0 Å². The lowest BCUT2D eigenvalue weighted by molar-refractivity contribution is -0.138. The lowest BCUT2D eigenvalue weighted by atomic mass is 10.0. The van der Waals surface area contributed by atoms with Crippen molar-refractivity contribution in [2.45, 2.75) is 16.2 Å². The highest BCUT2D eigenvalue weighted by Gasteiger charge is 2.46. The van der Waals surface area contributed by atoms with E-state index >= 15 is 0 Å². The van der Waals surface area contributed by atoms with Crippen LogP contribution < -0.4 is 0 Å². The number of fused-ring (bicyclic) bond motifs is 1. The molecular formula is C17H20N2O5S2. The van der Waals surface area contributed by atoms with Crippen LogP contribution in [-0.4, -0.2) is 73.6 Å². The number of nitrogens with zero attached hydrogens (tertiary/aromatic N) is 2. The minimum absolute atomic E-state index is 0.0474. The zero-order valence-electron chi connectivity index (χ0n) is 14.1. The van der Waals surface area contributed by atoms with Gasteiger partial charge in [-0.3, -0.25) is 9.69 Å². The third-order valence-electron chi connectivity index (χ3n) is 4.96. The van der Waals surface area contributed by atoms with Gasteiger partial charge in [0.1, 0.15) is 4.21 Å². The third kappa shape index (κ3) is 3.25. The Kier molecular flexibility index (Phi) is 4.52. The molecule has 1 N–H and O–H groups in total. The maximum atomic E-state index is 13.1. The first kappa shape index (κ1) is 17.9. The predicted molar refractivity (Wildman–Crippen MR) is 98.0 cm³/mol. The van der Waals surface area contributed by atoms with Crippen molar-refractivity contribution >= 4 is 37.4 Å². The topological polar surface area (TPSA) is 87.2 Å². The van der Waals surface area contributed by atoms with E-state index < -0.39 is 21.6 Å². The Hall–Kier alpha value is -1.52. The average molecular weight is 396 g/mol. The number of aliphatic carboxylic acids is 1. The van der Waals surface area contributed by atoms with Gasteiger partial charge in [0.05, 0.1) is 18.8 Å². The highest BCUT2D eigenvalue weighted by Crippen LogP contribution is 2.35. The van der Waals surface area contributed by atoms with Crippen LogP contribution in [0.15, 0.2) is 34.5 Å². The van der Waals surface area contributed by atoms with Gasteiger partial charge in [-0.15, -0.1) is 11.3 Å². The molecule has 1 aromatic carbocycles. The van der Waals surface area contributed by atoms with Crippen LogP contribution in [0.2, 0.25) is 0 Å². The Labute approximate surface area is 155 Å². The molecule has 2 fully saturated rings. The number of rotatable bonds is 4. The molecular weight excluding hydrogens is 376 g/mol. The zero-order chi connectivity index (χ0) is 18.4. The third-order valence-corrected chi connectivity index (χ3v) is 8.38. The maximum absolute atomic E-state index is 13.1. The summed E-state index contributed by atoms with van der Waals surface area (Å²) in [6, 6.07) is 9.34. The number of ether oxygens (including phenoxy) is 1. The van der Waals surface area contributed by atoms with Gasteiger partial charge in [0, 0.05) is 30.9 Å². The Morgan fingerprint density at radius 2 is 2.08 bits per heavy atom. The monoisotopic (exact) mass is 396 g/mol. The number of hydrogen-bond donors (Lipinski definition) is 1. The summed E-state index contributed by atoms with van der Waals surface area (Å²) in [5.41, 5.74) is -0.614. The molecule has 4 rings (SSSR count). The highest BCUT2D eigenvalue weighted by atomic mass is 32.2. The summed E-state index contributed by atoms with van der Waals surface area (Å²) < 4.78 is 35.0. The molecule has 140 valence electrons. The van der Waals surface area contributed by atoms with E-state index in [1.54, 1.807) is 11.0 Å². The number of carboxylic acids is 1. The molecule has 0 radical (unpaired) electrons. The summed E-state index contributed by atoms with van der Waals surface area (Å²) in [4.78, 5) is 12.7. The fourth-order valence-electron chi connectivity index (χ4n) is 3.73. The van der Waals surface area contributed by atoms with E-state index in [9.17, 15) is 13.2 Å². The van der Waals surface area contributed by atoms with Crippen molar-refractivity contribution < 1.29 is 23.1 Å². The summed E-state index contributed by atoms with van der Waals surface area (Å²) in [5.74, 6) is -0.882. The second kappa shape index (κ2) is 6.58. The lowest BCUT2D eigenvalue weighted by Crippen LogP contribution is -2.54. The van der Waals surface area contributed by atoms with Crippen LogP contribution in [-0.2, 0) is 19.6 Å². The molecule has 1 unspecified atom stereocenters. The number of morpholine rings is 1.